The molecule has 0 aromatic heterocycles. The zero-order valence-corrected chi connectivity index (χ0v) is 27.0. The van der Waals surface area contributed by atoms with E-state index in [-0.39, 0.29) is 18.6 Å². The maximum atomic E-state index is 12.7. The number of phosphoric ester groups is 1. The lowest BCUT2D eigenvalue weighted by atomic mass is 9.98. The summed E-state index contributed by atoms with van der Waals surface area (Å²) in [6.07, 6.45) is 23.2. The molecule has 2 bridgehead atoms. The predicted molar refractivity (Wildman–Crippen MR) is 162 cm³/mol. The Morgan fingerprint density at radius 1 is 0.842 bits per heavy atom. The summed E-state index contributed by atoms with van der Waals surface area (Å²) in [5.41, 5.74) is 0. The Labute approximate surface area is 239 Å². The average Bonchev–Trinajstić information content (AvgIpc) is 3.02. The van der Waals surface area contributed by atoms with Crippen molar-refractivity contribution in [2.45, 2.75) is 141 Å². The van der Waals surface area contributed by atoms with Gasteiger partial charge in [-0.15, -0.1) is 0 Å². The second-order valence-corrected chi connectivity index (χ2v) is 15.0. The van der Waals surface area contributed by atoms with Crippen molar-refractivity contribution in [3.63, 3.8) is 0 Å². The first kappa shape index (κ1) is 34.6. The molecule has 38 heavy (non-hydrogen) atoms. The van der Waals surface area contributed by atoms with Crippen LogP contribution in [0.25, 0.3) is 0 Å². The number of methoxy groups -OCH3 is 1. The maximum Gasteiger partial charge on any atom is 0.472 e. The summed E-state index contributed by atoms with van der Waals surface area (Å²) in [4.78, 5) is 10.4. The topological polar surface area (TPSA) is 65.0 Å². The minimum atomic E-state index is -4.05. The van der Waals surface area contributed by atoms with E-state index in [1.54, 1.807) is 7.11 Å². The molecular weight excluding hydrogens is 517 g/mol. The van der Waals surface area contributed by atoms with Crippen molar-refractivity contribution in [3.05, 3.63) is 0 Å². The number of phosphoric acid groups is 1. The zero-order chi connectivity index (χ0) is 27.7. The van der Waals surface area contributed by atoms with E-state index in [2.05, 4.69) is 21.0 Å². The molecule has 4 unspecified atom stereocenters. The van der Waals surface area contributed by atoms with E-state index in [0.717, 1.165) is 28.8 Å². The highest BCUT2D eigenvalue weighted by atomic mass is 32.2. The summed E-state index contributed by atoms with van der Waals surface area (Å²) in [5.74, 6) is 2.11. The molecule has 2 aliphatic heterocycles. The van der Waals surface area contributed by atoms with Crippen LogP contribution in [0.2, 0.25) is 0 Å². The van der Waals surface area contributed by atoms with E-state index in [1.807, 2.05) is 11.8 Å². The Morgan fingerprint density at radius 3 is 1.84 bits per heavy atom. The minimum absolute atomic E-state index is 0.0962. The van der Waals surface area contributed by atoms with Gasteiger partial charge in [-0.3, -0.25) is 9.05 Å². The smallest absolute Gasteiger partial charge is 0.384 e. The van der Waals surface area contributed by atoms with E-state index in [9.17, 15) is 9.46 Å². The molecule has 8 heteroatoms. The molecular formula is C30H61NO5PS+. The molecule has 0 aromatic rings. The quantitative estimate of drug-likeness (QED) is 0.0705. The number of unbranched alkanes of at least 4 members (excludes halogenated alkanes) is 13. The molecule has 6 nitrogen and oxygen atoms in total. The van der Waals surface area contributed by atoms with Crippen LogP contribution in [-0.2, 0) is 18.3 Å². The minimum Gasteiger partial charge on any atom is -0.384 e. The maximum absolute atomic E-state index is 12.7. The molecule has 0 aliphatic carbocycles. The fraction of sp³-hybridized carbons (Fsp3) is 1.00. The molecule has 2 aliphatic rings. The van der Waals surface area contributed by atoms with Crippen LogP contribution >= 0.6 is 19.6 Å². The molecule has 0 amide bonds. The van der Waals surface area contributed by atoms with Crippen molar-refractivity contribution in [1.29, 1.82) is 0 Å². The lowest BCUT2D eigenvalue weighted by molar-refractivity contribution is -0.931. The third-order valence-corrected chi connectivity index (χ3v) is 11.3. The van der Waals surface area contributed by atoms with Crippen LogP contribution in [0.5, 0.6) is 0 Å². The Kier molecular flexibility index (Phi) is 17.7. The van der Waals surface area contributed by atoms with E-state index in [4.69, 9.17) is 13.8 Å². The number of piperidine rings is 1. The Morgan fingerprint density at radius 2 is 1.34 bits per heavy atom. The number of quaternary nitrogens is 1. The van der Waals surface area contributed by atoms with E-state index >= 15 is 0 Å². The fourth-order valence-corrected chi connectivity index (χ4v) is 8.47. The molecule has 2 heterocycles. The summed E-state index contributed by atoms with van der Waals surface area (Å²) < 4.78 is 30.1. The number of ether oxygens (including phenoxy) is 1. The van der Waals surface area contributed by atoms with Crippen LogP contribution in [0.15, 0.2) is 0 Å². The second-order valence-electron chi connectivity index (χ2n) is 12.5. The van der Waals surface area contributed by atoms with Gasteiger partial charge in [0.15, 0.2) is 0 Å². The van der Waals surface area contributed by atoms with Crippen molar-refractivity contribution >= 4 is 19.6 Å². The van der Waals surface area contributed by atoms with Gasteiger partial charge in [0.1, 0.15) is 0 Å². The standard InChI is InChI=1S/C30H60NO5PS/c1-5-6-7-8-9-10-11-12-13-14-15-16-17-18-21-38-26-27(24-34-4)25-35-37(32,33)36-30-22-28-19-20-29(23-30)31(28,2)3/h27-30H,5-26H2,1-4H3/p+1. The van der Waals surface area contributed by atoms with Gasteiger partial charge in [-0.25, -0.2) is 4.57 Å². The largest absolute Gasteiger partial charge is 0.472 e. The first-order chi connectivity index (χ1) is 18.3. The second kappa shape index (κ2) is 19.5. The zero-order valence-electron chi connectivity index (χ0n) is 25.2. The van der Waals surface area contributed by atoms with Crippen molar-refractivity contribution < 1.29 is 27.7 Å². The van der Waals surface area contributed by atoms with E-state index in [1.165, 1.54) is 103 Å². The molecule has 2 rings (SSSR count). The van der Waals surface area contributed by atoms with E-state index < -0.39 is 7.82 Å². The Balaban J connectivity index is 1.46. The average molecular weight is 579 g/mol. The lowest BCUT2D eigenvalue weighted by Gasteiger charge is -2.44. The molecule has 0 spiro atoms. The number of hydrogen-bond acceptors (Lipinski definition) is 5. The van der Waals surface area contributed by atoms with Crippen LogP contribution in [-0.4, -0.2) is 73.5 Å². The Bertz CT molecular complexity index is 636. The van der Waals surface area contributed by atoms with Crippen molar-refractivity contribution in [3.8, 4) is 0 Å². The Hall–Kier alpha value is 0.380. The van der Waals surface area contributed by atoms with Crippen molar-refractivity contribution in [1.82, 2.24) is 0 Å². The highest BCUT2D eigenvalue weighted by molar-refractivity contribution is 7.99. The van der Waals surface area contributed by atoms with Gasteiger partial charge in [0.05, 0.1) is 45.5 Å². The normalized spacial score (nSPS) is 24.9. The van der Waals surface area contributed by atoms with Crippen molar-refractivity contribution in [2.24, 2.45) is 5.92 Å². The molecule has 0 radical (unpaired) electrons. The van der Waals surface area contributed by atoms with Gasteiger partial charge in [-0.2, -0.15) is 11.8 Å². The van der Waals surface area contributed by atoms with E-state index in [0.29, 0.717) is 18.7 Å². The summed E-state index contributed by atoms with van der Waals surface area (Å²) in [5, 5.41) is 0. The third kappa shape index (κ3) is 13.8. The van der Waals surface area contributed by atoms with Gasteiger partial charge in [-0.1, -0.05) is 90.4 Å². The molecule has 0 aromatic carbocycles. The molecule has 4 atom stereocenters. The van der Waals surface area contributed by atoms with Crippen LogP contribution in [0.1, 0.15) is 122 Å². The van der Waals surface area contributed by atoms with Crippen LogP contribution in [0.3, 0.4) is 0 Å². The van der Waals surface area contributed by atoms with Gasteiger partial charge in [0.2, 0.25) is 0 Å². The predicted octanol–water partition coefficient (Wildman–Crippen LogP) is 8.37. The molecule has 2 saturated heterocycles. The number of nitrogens with zero attached hydrogens (tertiary/aromatic N) is 1. The number of rotatable bonds is 24. The SMILES string of the molecule is CCCCCCCCCCCCCCCCSCC(COC)COP(=O)(O)OC1CC2CCC(C1)[N+]2(C)C. The van der Waals surface area contributed by atoms with Gasteiger partial charge in [0, 0.05) is 44.5 Å². The summed E-state index contributed by atoms with van der Waals surface area (Å²) >= 11 is 1.91. The first-order valence-corrected chi connectivity index (χ1v) is 18.5. The van der Waals surface area contributed by atoms with Gasteiger partial charge in [-0.05, 0) is 12.2 Å². The molecule has 226 valence electrons. The van der Waals surface area contributed by atoms with Gasteiger partial charge >= 0.3 is 7.82 Å². The van der Waals surface area contributed by atoms with Crippen LogP contribution in [0.4, 0.5) is 0 Å². The lowest BCUT2D eigenvalue weighted by Crippen LogP contribution is -2.55. The summed E-state index contributed by atoms with van der Waals surface area (Å²) in [6, 6.07) is 1.04. The van der Waals surface area contributed by atoms with Crippen molar-refractivity contribution in [2.75, 3.05) is 45.9 Å². The van der Waals surface area contributed by atoms with Crippen LogP contribution in [0, 0.1) is 5.92 Å². The number of thioether (sulfide) groups is 1. The van der Waals surface area contributed by atoms with Gasteiger partial charge in [0.25, 0.3) is 0 Å². The van der Waals surface area contributed by atoms with Gasteiger partial charge < -0.3 is 14.1 Å². The fourth-order valence-electron chi connectivity index (χ4n) is 6.36. The number of fused-ring (bicyclic) bond motifs is 2. The molecule has 0 saturated carbocycles. The highest BCUT2D eigenvalue weighted by Gasteiger charge is 2.50. The van der Waals surface area contributed by atoms with Crippen LogP contribution < -0.4 is 0 Å². The monoisotopic (exact) mass is 578 g/mol. The summed E-state index contributed by atoms with van der Waals surface area (Å²) in [6.45, 7) is 3.02. The summed E-state index contributed by atoms with van der Waals surface area (Å²) in [7, 11) is 2.18. The number of hydrogen-bond donors (Lipinski definition) is 1. The molecule has 1 N–H and O–H groups in total. The molecule has 2 fully saturated rings. The first-order valence-electron chi connectivity index (χ1n) is 15.8. The highest BCUT2D eigenvalue weighted by Crippen LogP contribution is 2.50. The third-order valence-electron chi connectivity index (χ3n) is 8.94.